The van der Waals surface area contributed by atoms with E-state index in [0.717, 1.165) is 11.1 Å². The van der Waals surface area contributed by atoms with E-state index in [-0.39, 0.29) is 16.5 Å². The molecule has 0 bridgehead atoms. The number of ether oxygens (including phenoxy) is 1. The van der Waals surface area contributed by atoms with Crippen LogP contribution in [0.25, 0.3) is 0 Å². The van der Waals surface area contributed by atoms with Crippen molar-refractivity contribution in [2.75, 3.05) is 7.11 Å². The lowest BCUT2D eigenvalue weighted by Gasteiger charge is -2.25. The van der Waals surface area contributed by atoms with Gasteiger partial charge in [0.05, 0.1) is 20.2 Å². The predicted octanol–water partition coefficient (Wildman–Crippen LogP) is 3.45. The molecule has 3 aromatic rings. The Morgan fingerprint density at radius 1 is 1.23 bits per heavy atom. The zero-order chi connectivity index (χ0) is 22.9. The van der Waals surface area contributed by atoms with E-state index in [2.05, 4.69) is 20.1 Å². The molecule has 0 saturated carbocycles. The Hall–Kier alpha value is -2.56. The van der Waals surface area contributed by atoms with E-state index in [1.54, 1.807) is 27.0 Å². The second-order valence-corrected chi connectivity index (χ2v) is 9.34. The van der Waals surface area contributed by atoms with Crippen LogP contribution in [-0.4, -0.2) is 35.7 Å². The van der Waals surface area contributed by atoms with Crippen LogP contribution >= 0.6 is 11.6 Å². The van der Waals surface area contributed by atoms with Crippen molar-refractivity contribution < 1.29 is 17.5 Å². The highest BCUT2D eigenvalue weighted by atomic mass is 35.5. The predicted molar refractivity (Wildman–Crippen MR) is 114 cm³/mol. The zero-order valence-corrected chi connectivity index (χ0v) is 19.3. The summed E-state index contributed by atoms with van der Waals surface area (Å²) in [5.74, 6) is -0.881. The van der Waals surface area contributed by atoms with Crippen LogP contribution in [0.2, 0.25) is 5.02 Å². The summed E-state index contributed by atoms with van der Waals surface area (Å²) in [4.78, 5) is 1.10. The first kappa shape index (κ1) is 23.1. The molecule has 166 valence electrons. The van der Waals surface area contributed by atoms with E-state index >= 15 is 0 Å². The molecule has 0 saturated heterocycles. The SMILES string of the molecule is COc1cc(Cl)ccc1S(=O)(=O)N[C@H](c1nnn(C)n1)[C@H](C)c1c(F)ccc(C)c1C. The van der Waals surface area contributed by atoms with Gasteiger partial charge in [-0.1, -0.05) is 24.6 Å². The average molecular weight is 468 g/mol. The van der Waals surface area contributed by atoms with Crippen LogP contribution in [0, 0.1) is 19.7 Å². The highest BCUT2D eigenvalue weighted by Crippen LogP contribution is 2.36. The monoisotopic (exact) mass is 467 g/mol. The highest BCUT2D eigenvalue weighted by Gasteiger charge is 2.34. The molecule has 0 aliphatic carbocycles. The number of rotatable bonds is 7. The molecule has 3 rings (SSSR count). The van der Waals surface area contributed by atoms with Gasteiger partial charge < -0.3 is 4.74 Å². The average Bonchev–Trinajstić information content (AvgIpc) is 3.14. The van der Waals surface area contributed by atoms with Gasteiger partial charge in [0.1, 0.15) is 16.5 Å². The highest BCUT2D eigenvalue weighted by molar-refractivity contribution is 7.89. The third-order valence-corrected chi connectivity index (χ3v) is 6.90. The molecule has 11 heteroatoms. The standard InChI is InChI=1S/C20H23ClFN5O3S/c1-11-6-8-15(22)18(12(11)2)13(3)19(20-23-26-27(4)24-20)25-31(28,29)17-9-7-14(21)10-16(17)30-5/h6-10,13,19,25H,1-5H3/t13-,19+/m1/s1. The minimum Gasteiger partial charge on any atom is -0.495 e. The van der Waals surface area contributed by atoms with E-state index in [9.17, 15) is 12.8 Å². The second-order valence-electron chi connectivity index (χ2n) is 7.22. The number of benzene rings is 2. The Kier molecular flexibility index (Phi) is 6.63. The number of nitrogens with zero attached hydrogens (tertiary/aromatic N) is 4. The molecule has 0 aliphatic rings. The van der Waals surface area contributed by atoms with Crippen LogP contribution in [-0.2, 0) is 17.1 Å². The molecule has 8 nitrogen and oxygen atoms in total. The number of methoxy groups -OCH3 is 1. The van der Waals surface area contributed by atoms with Crippen molar-refractivity contribution in [2.24, 2.45) is 7.05 Å². The molecule has 1 aromatic heterocycles. The lowest BCUT2D eigenvalue weighted by molar-refractivity contribution is 0.401. The minimum absolute atomic E-state index is 0.0800. The van der Waals surface area contributed by atoms with Crippen molar-refractivity contribution >= 4 is 21.6 Å². The quantitative estimate of drug-likeness (QED) is 0.571. The van der Waals surface area contributed by atoms with Gasteiger partial charge in [0.2, 0.25) is 10.0 Å². The van der Waals surface area contributed by atoms with Gasteiger partial charge in [0, 0.05) is 17.0 Å². The molecule has 0 aliphatic heterocycles. The first-order chi connectivity index (χ1) is 14.5. The third kappa shape index (κ3) is 4.70. The van der Waals surface area contributed by atoms with Crippen molar-refractivity contribution in [3.63, 3.8) is 0 Å². The Morgan fingerprint density at radius 2 is 1.94 bits per heavy atom. The fourth-order valence-corrected chi connectivity index (χ4v) is 5.01. The van der Waals surface area contributed by atoms with Crippen LogP contribution < -0.4 is 9.46 Å². The largest absolute Gasteiger partial charge is 0.495 e. The van der Waals surface area contributed by atoms with E-state index in [0.29, 0.717) is 10.6 Å². The molecule has 0 radical (unpaired) electrons. The maximum atomic E-state index is 14.8. The Bertz CT molecular complexity index is 1220. The summed E-state index contributed by atoms with van der Waals surface area (Å²) in [7, 11) is -1.21. The molecule has 31 heavy (non-hydrogen) atoms. The van der Waals surface area contributed by atoms with Crippen LogP contribution in [0.4, 0.5) is 4.39 Å². The van der Waals surface area contributed by atoms with E-state index < -0.39 is 27.8 Å². The lowest BCUT2D eigenvalue weighted by atomic mass is 9.88. The summed E-state index contributed by atoms with van der Waals surface area (Å²) in [5, 5.41) is 12.3. The first-order valence-electron chi connectivity index (χ1n) is 9.40. The van der Waals surface area contributed by atoms with E-state index in [4.69, 9.17) is 16.3 Å². The smallest absolute Gasteiger partial charge is 0.244 e. The zero-order valence-electron chi connectivity index (χ0n) is 17.7. The number of hydrogen-bond acceptors (Lipinski definition) is 6. The van der Waals surface area contributed by atoms with E-state index in [1.807, 2.05) is 6.92 Å². The number of nitrogens with one attached hydrogen (secondary N) is 1. The van der Waals surface area contributed by atoms with Crippen molar-refractivity contribution in [3.8, 4) is 5.75 Å². The number of sulfonamides is 1. The number of aromatic nitrogens is 4. The normalized spacial score (nSPS) is 13.8. The van der Waals surface area contributed by atoms with Crippen molar-refractivity contribution in [2.45, 2.75) is 37.6 Å². The molecule has 0 spiro atoms. The summed E-state index contributed by atoms with van der Waals surface area (Å²) < 4.78 is 49.2. The molecule has 1 heterocycles. The third-order valence-electron chi connectivity index (χ3n) is 5.19. The van der Waals surface area contributed by atoms with Crippen LogP contribution in [0.1, 0.15) is 41.4 Å². The second kappa shape index (κ2) is 8.89. The maximum Gasteiger partial charge on any atom is 0.244 e. The Morgan fingerprint density at radius 3 is 2.55 bits per heavy atom. The van der Waals surface area contributed by atoms with Gasteiger partial charge in [-0.25, -0.2) is 12.8 Å². The summed E-state index contributed by atoms with van der Waals surface area (Å²) >= 11 is 5.96. The Labute approximate surface area is 185 Å². The van der Waals surface area contributed by atoms with Gasteiger partial charge in [-0.3, -0.25) is 0 Å². The summed E-state index contributed by atoms with van der Waals surface area (Å²) in [6.45, 7) is 5.37. The molecule has 0 fully saturated rings. The fourth-order valence-electron chi connectivity index (χ4n) is 3.43. The van der Waals surface area contributed by atoms with Crippen LogP contribution in [0.15, 0.2) is 35.2 Å². The minimum atomic E-state index is -4.12. The molecule has 0 unspecified atom stereocenters. The van der Waals surface area contributed by atoms with Crippen molar-refractivity contribution in [1.29, 1.82) is 0 Å². The van der Waals surface area contributed by atoms with Crippen molar-refractivity contribution in [3.05, 3.63) is 63.7 Å². The lowest BCUT2D eigenvalue weighted by Crippen LogP contribution is -2.33. The fraction of sp³-hybridized carbons (Fsp3) is 0.350. The molecule has 2 atom stereocenters. The summed E-state index contributed by atoms with van der Waals surface area (Å²) in [6, 6.07) is 6.25. The van der Waals surface area contributed by atoms with E-state index in [1.165, 1.54) is 36.2 Å². The molecule has 2 aromatic carbocycles. The number of aryl methyl sites for hydroxylation is 2. The number of hydrogen-bond donors (Lipinski definition) is 1. The molecular weight excluding hydrogens is 445 g/mol. The van der Waals surface area contributed by atoms with Gasteiger partial charge in [-0.05, 0) is 54.0 Å². The first-order valence-corrected chi connectivity index (χ1v) is 11.3. The molecule has 0 amide bonds. The van der Waals surface area contributed by atoms with Gasteiger partial charge in [0.25, 0.3) is 0 Å². The number of halogens is 2. The van der Waals surface area contributed by atoms with Crippen LogP contribution in [0.5, 0.6) is 5.75 Å². The van der Waals surface area contributed by atoms with Gasteiger partial charge in [-0.15, -0.1) is 10.2 Å². The van der Waals surface area contributed by atoms with Gasteiger partial charge in [-0.2, -0.15) is 9.52 Å². The number of tetrazole rings is 1. The molecular formula is C20H23ClFN5O3S. The summed E-state index contributed by atoms with van der Waals surface area (Å²) in [5.41, 5.74) is 1.99. The summed E-state index contributed by atoms with van der Waals surface area (Å²) in [6.07, 6.45) is 0. The van der Waals surface area contributed by atoms with Crippen LogP contribution in [0.3, 0.4) is 0 Å². The Balaban J connectivity index is 2.11. The van der Waals surface area contributed by atoms with Gasteiger partial charge >= 0.3 is 0 Å². The van der Waals surface area contributed by atoms with Gasteiger partial charge in [0.15, 0.2) is 5.82 Å². The molecule has 1 N–H and O–H groups in total. The van der Waals surface area contributed by atoms with Crippen molar-refractivity contribution in [1.82, 2.24) is 24.9 Å². The topological polar surface area (TPSA) is 99.0 Å². The maximum absolute atomic E-state index is 14.8.